The van der Waals surface area contributed by atoms with Crippen molar-refractivity contribution in [3.05, 3.63) is 235 Å². The van der Waals surface area contributed by atoms with Crippen LogP contribution in [0, 0.1) is 0 Å². The first-order chi connectivity index (χ1) is 29.7. The second-order valence-electron chi connectivity index (χ2n) is 15.9. The fourth-order valence-corrected chi connectivity index (χ4v) is 9.12. The smallest absolute Gasteiger partial charge is 0.109 e. The van der Waals surface area contributed by atoms with Crippen LogP contribution in [0.1, 0.15) is 41.9 Å². The molecular formula is C57H43N3. The summed E-state index contributed by atoms with van der Waals surface area (Å²) in [5, 5.41) is 7.57. The molecule has 1 saturated heterocycles. The van der Waals surface area contributed by atoms with Gasteiger partial charge in [-0.15, -0.1) is 0 Å². The standard InChI is InChI=1S/C57H43N3/c1-5-16-39(17-6-1)43-24-13-27-48(35-43)56-59-57(60(56)50-29-15-26-45(37-50)40-18-7-2-8-19-40)49-28-14-25-44(36-49)46-30-32-51-47(34-46)31-33-53-55(51)52(41-20-9-3-10-21-41)38-54(58-53)42-22-11-4-12-23-42/h1,3-7,9-38,56-57,59H,2,8H2. The third kappa shape index (κ3) is 6.69. The van der Waals surface area contributed by atoms with Crippen LogP contribution in [-0.2, 0) is 0 Å². The van der Waals surface area contributed by atoms with Crippen molar-refractivity contribution in [1.29, 1.82) is 0 Å². The minimum absolute atomic E-state index is 0.0100. The molecule has 0 amide bonds. The molecule has 2 unspecified atom stereocenters. The van der Waals surface area contributed by atoms with E-state index >= 15 is 0 Å². The van der Waals surface area contributed by atoms with Crippen LogP contribution in [0.3, 0.4) is 0 Å². The first-order valence-corrected chi connectivity index (χ1v) is 21.0. The van der Waals surface area contributed by atoms with Crippen molar-refractivity contribution in [1.82, 2.24) is 10.3 Å². The van der Waals surface area contributed by atoms with Gasteiger partial charge in [-0.1, -0.05) is 176 Å². The molecular weight excluding hydrogens is 727 g/mol. The second kappa shape index (κ2) is 15.4. The highest BCUT2D eigenvalue weighted by Crippen LogP contribution is 2.45. The van der Waals surface area contributed by atoms with Gasteiger partial charge in [0.25, 0.3) is 0 Å². The molecule has 2 aliphatic rings. The molecule has 3 heteroatoms. The maximum Gasteiger partial charge on any atom is 0.109 e. The normalized spacial score (nSPS) is 16.1. The van der Waals surface area contributed by atoms with E-state index in [0.29, 0.717) is 0 Å². The first-order valence-electron chi connectivity index (χ1n) is 21.0. The largest absolute Gasteiger partial charge is 0.332 e. The summed E-state index contributed by atoms with van der Waals surface area (Å²) in [6.45, 7) is 0. The highest BCUT2D eigenvalue weighted by Gasteiger charge is 2.40. The van der Waals surface area contributed by atoms with E-state index in [1.165, 1.54) is 77.5 Å². The molecule has 1 fully saturated rings. The van der Waals surface area contributed by atoms with Gasteiger partial charge in [-0.05, 0) is 122 Å². The molecule has 0 spiro atoms. The summed E-state index contributed by atoms with van der Waals surface area (Å²) in [6.07, 6.45) is 9.11. The Morgan fingerprint density at radius 1 is 0.467 bits per heavy atom. The zero-order valence-electron chi connectivity index (χ0n) is 33.2. The summed E-state index contributed by atoms with van der Waals surface area (Å²) in [5.74, 6) is 0. The molecule has 0 bridgehead atoms. The van der Waals surface area contributed by atoms with Crippen LogP contribution < -0.4 is 10.2 Å². The third-order valence-corrected chi connectivity index (χ3v) is 12.1. The van der Waals surface area contributed by atoms with E-state index in [0.717, 1.165) is 29.6 Å². The summed E-state index contributed by atoms with van der Waals surface area (Å²) < 4.78 is 0. The lowest BCUT2D eigenvalue weighted by Crippen LogP contribution is -2.57. The topological polar surface area (TPSA) is 28.2 Å². The van der Waals surface area contributed by atoms with Gasteiger partial charge >= 0.3 is 0 Å². The number of allylic oxidation sites excluding steroid dienone is 4. The van der Waals surface area contributed by atoms with Crippen molar-refractivity contribution in [2.45, 2.75) is 25.2 Å². The molecule has 286 valence electrons. The van der Waals surface area contributed by atoms with Crippen LogP contribution in [0.4, 0.5) is 5.69 Å². The second-order valence-corrected chi connectivity index (χ2v) is 15.9. The average Bonchev–Trinajstić information content (AvgIpc) is 3.32. The molecule has 3 nitrogen and oxygen atoms in total. The van der Waals surface area contributed by atoms with Gasteiger partial charge in [0.1, 0.15) is 12.3 Å². The van der Waals surface area contributed by atoms with E-state index in [2.05, 4.69) is 229 Å². The van der Waals surface area contributed by atoms with Gasteiger partial charge in [-0.2, -0.15) is 0 Å². The Hall–Kier alpha value is -7.33. The van der Waals surface area contributed by atoms with Crippen LogP contribution in [-0.4, -0.2) is 4.98 Å². The zero-order chi connectivity index (χ0) is 39.8. The quantitative estimate of drug-likeness (QED) is 0.156. The summed E-state index contributed by atoms with van der Waals surface area (Å²) in [7, 11) is 0. The highest BCUT2D eigenvalue weighted by molar-refractivity contribution is 6.14. The lowest BCUT2D eigenvalue weighted by molar-refractivity contribution is 0.276. The van der Waals surface area contributed by atoms with Crippen molar-refractivity contribution in [3.8, 4) is 44.6 Å². The number of fused-ring (bicyclic) bond motifs is 3. The Balaban J connectivity index is 0.974. The fraction of sp³-hybridized carbons (Fsp3) is 0.0702. The molecule has 1 N–H and O–H groups in total. The molecule has 0 saturated carbocycles. The predicted octanol–water partition coefficient (Wildman–Crippen LogP) is 14.6. The summed E-state index contributed by atoms with van der Waals surface area (Å²) in [6, 6.07) is 72.5. The summed E-state index contributed by atoms with van der Waals surface area (Å²) in [5.41, 5.74) is 16.5. The number of hydrogen-bond acceptors (Lipinski definition) is 3. The van der Waals surface area contributed by atoms with Crippen LogP contribution in [0.15, 0.2) is 218 Å². The number of rotatable bonds is 8. The molecule has 1 aliphatic heterocycles. The van der Waals surface area contributed by atoms with E-state index in [-0.39, 0.29) is 12.3 Å². The zero-order valence-corrected chi connectivity index (χ0v) is 33.2. The van der Waals surface area contributed by atoms with E-state index in [1.807, 2.05) is 0 Å². The van der Waals surface area contributed by atoms with Gasteiger partial charge in [-0.25, -0.2) is 4.98 Å². The van der Waals surface area contributed by atoms with E-state index in [9.17, 15) is 0 Å². The Labute approximate surface area is 351 Å². The molecule has 0 radical (unpaired) electrons. The molecule has 1 aromatic heterocycles. The van der Waals surface area contributed by atoms with Gasteiger partial charge in [0.15, 0.2) is 0 Å². The van der Waals surface area contributed by atoms with Crippen molar-refractivity contribution >= 4 is 32.9 Å². The van der Waals surface area contributed by atoms with Crippen LogP contribution >= 0.6 is 0 Å². The van der Waals surface area contributed by atoms with Crippen molar-refractivity contribution < 1.29 is 0 Å². The minimum Gasteiger partial charge on any atom is -0.332 e. The number of anilines is 1. The molecule has 9 aromatic rings. The Morgan fingerprint density at radius 2 is 1.08 bits per heavy atom. The lowest BCUT2D eigenvalue weighted by atomic mass is 9.92. The van der Waals surface area contributed by atoms with Crippen LogP contribution in [0.2, 0.25) is 0 Å². The molecule has 2 heterocycles. The number of pyridine rings is 1. The van der Waals surface area contributed by atoms with Gasteiger partial charge in [0.2, 0.25) is 0 Å². The number of aromatic nitrogens is 1. The van der Waals surface area contributed by atoms with Crippen molar-refractivity contribution in [2.75, 3.05) is 4.90 Å². The molecule has 8 aromatic carbocycles. The molecule has 60 heavy (non-hydrogen) atoms. The predicted molar refractivity (Wildman–Crippen MR) is 251 cm³/mol. The van der Waals surface area contributed by atoms with Crippen LogP contribution in [0.25, 0.3) is 71.9 Å². The average molecular weight is 770 g/mol. The van der Waals surface area contributed by atoms with Crippen molar-refractivity contribution in [3.63, 3.8) is 0 Å². The Kier molecular flexibility index (Phi) is 9.22. The Morgan fingerprint density at radius 3 is 1.78 bits per heavy atom. The van der Waals surface area contributed by atoms with Gasteiger partial charge in [0.05, 0.1) is 11.2 Å². The molecule has 11 rings (SSSR count). The number of nitrogens with zero attached hydrogens (tertiary/aromatic N) is 2. The third-order valence-electron chi connectivity index (χ3n) is 12.1. The van der Waals surface area contributed by atoms with Gasteiger partial charge in [-0.3, -0.25) is 5.32 Å². The maximum absolute atomic E-state index is 5.20. The Bertz CT molecular complexity index is 3080. The fourth-order valence-electron chi connectivity index (χ4n) is 9.12. The van der Waals surface area contributed by atoms with Crippen molar-refractivity contribution in [2.24, 2.45) is 0 Å². The van der Waals surface area contributed by atoms with Gasteiger partial charge in [0, 0.05) is 16.6 Å². The maximum atomic E-state index is 5.20. The first kappa shape index (κ1) is 35.8. The molecule has 1 aliphatic carbocycles. The monoisotopic (exact) mass is 769 g/mol. The molecule has 2 atom stereocenters. The van der Waals surface area contributed by atoms with Crippen LogP contribution in [0.5, 0.6) is 0 Å². The minimum atomic E-state index is -0.0100. The highest BCUT2D eigenvalue weighted by atomic mass is 15.5. The lowest BCUT2D eigenvalue weighted by Gasteiger charge is -2.52. The summed E-state index contributed by atoms with van der Waals surface area (Å²) in [4.78, 5) is 7.75. The number of nitrogens with one attached hydrogen (secondary N) is 1. The van der Waals surface area contributed by atoms with Gasteiger partial charge < -0.3 is 4.90 Å². The van der Waals surface area contributed by atoms with E-state index in [4.69, 9.17) is 4.98 Å². The number of benzene rings is 8. The van der Waals surface area contributed by atoms with E-state index in [1.54, 1.807) is 0 Å². The SMILES string of the molecule is C1=CC(c2cccc(N3C(c4cccc(-c5ccccc5)c4)NC3c3cccc(-c4ccc5c(ccc6nc(-c7ccccc7)cc(-c7ccccc7)c65)c4)c3)c2)=CCC1. The number of hydrogen-bond donors (Lipinski definition) is 1. The summed E-state index contributed by atoms with van der Waals surface area (Å²) >= 11 is 0. The van der Waals surface area contributed by atoms with E-state index < -0.39 is 0 Å².